The number of hydrogen-bond donors (Lipinski definition) is 0. The van der Waals surface area contributed by atoms with E-state index in [1.807, 2.05) is 48.7 Å². The van der Waals surface area contributed by atoms with Gasteiger partial charge in [-0.2, -0.15) is 0 Å². The lowest BCUT2D eigenvalue weighted by molar-refractivity contribution is 0.0474. The molecule has 0 aliphatic rings. The average Bonchev–Trinajstić information content (AvgIpc) is 3.06. The molecule has 1 aromatic heterocycles. The van der Waals surface area contributed by atoms with E-state index in [1.165, 1.54) is 26.2 Å². The summed E-state index contributed by atoms with van der Waals surface area (Å²) in [5, 5.41) is 0.0335. The van der Waals surface area contributed by atoms with Gasteiger partial charge in [0.2, 0.25) is 15.8 Å². The lowest BCUT2D eigenvalue weighted by Crippen LogP contribution is -2.22. The Morgan fingerprint density at radius 2 is 1.67 bits per heavy atom. The third-order valence-electron chi connectivity index (χ3n) is 5.33. The monoisotopic (exact) mass is 488 g/mol. The first kappa shape index (κ1) is 24.7. The Hall–Kier alpha value is -2.94. The summed E-state index contributed by atoms with van der Waals surface area (Å²) in [6.45, 7) is 3.89. The van der Waals surface area contributed by atoms with Crippen LogP contribution in [-0.2, 0) is 21.3 Å². The first-order valence-corrected chi connectivity index (χ1v) is 12.0. The second-order valence-electron chi connectivity index (χ2n) is 7.78. The maximum Gasteiger partial charge on any atom is 0.340 e. The van der Waals surface area contributed by atoms with Gasteiger partial charge >= 0.3 is 5.97 Å². The summed E-state index contributed by atoms with van der Waals surface area (Å²) >= 11 is 6.08. The number of ether oxygens (including phenoxy) is 1. The molecule has 0 unspecified atom stereocenters. The molecule has 0 saturated heterocycles. The molecule has 1 heterocycles. The molecule has 0 bridgehead atoms. The second-order valence-corrected chi connectivity index (χ2v) is 10.3. The normalized spacial score (nSPS) is 11.6. The van der Waals surface area contributed by atoms with Crippen molar-refractivity contribution in [2.24, 2.45) is 0 Å². The van der Waals surface area contributed by atoms with E-state index in [0.717, 1.165) is 27.3 Å². The van der Waals surface area contributed by atoms with E-state index < -0.39 is 22.6 Å². The van der Waals surface area contributed by atoms with Gasteiger partial charge in [0.05, 0.1) is 15.5 Å². The second kappa shape index (κ2) is 9.91. The summed E-state index contributed by atoms with van der Waals surface area (Å²) in [6, 6.07) is 15.4. The van der Waals surface area contributed by atoms with Gasteiger partial charge in [-0.1, -0.05) is 41.9 Å². The van der Waals surface area contributed by atoms with E-state index in [0.29, 0.717) is 12.1 Å². The van der Waals surface area contributed by atoms with Gasteiger partial charge in [-0.25, -0.2) is 17.5 Å². The number of aryl methyl sites for hydroxylation is 1. The van der Waals surface area contributed by atoms with Crippen molar-refractivity contribution in [1.29, 1.82) is 0 Å². The fourth-order valence-electron chi connectivity index (χ4n) is 3.41. The van der Waals surface area contributed by atoms with Gasteiger partial charge in [-0.05, 0) is 43.7 Å². The lowest BCUT2D eigenvalue weighted by Gasteiger charge is -2.13. The predicted molar refractivity (Wildman–Crippen MR) is 126 cm³/mol. The number of nitrogens with zero attached hydrogens (tertiary/aromatic N) is 2. The number of Topliss-reactive ketones (excluding diaryl/α,β-unsaturated/α-hetero) is 1. The molecule has 0 saturated carbocycles. The van der Waals surface area contributed by atoms with Crippen molar-refractivity contribution in [3.8, 4) is 0 Å². The highest BCUT2D eigenvalue weighted by Gasteiger charge is 2.23. The molecule has 174 valence electrons. The van der Waals surface area contributed by atoms with Crippen molar-refractivity contribution in [3.63, 3.8) is 0 Å². The molecule has 0 spiro atoms. The predicted octanol–water partition coefficient (Wildman–Crippen LogP) is 4.10. The highest BCUT2D eigenvalue weighted by Crippen LogP contribution is 2.23. The molecule has 0 atom stereocenters. The average molecular weight is 489 g/mol. The van der Waals surface area contributed by atoms with Crippen molar-refractivity contribution >= 4 is 33.4 Å². The summed E-state index contributed by atoms with van der Waals surface area (Å²) in [6.07, 6.45) is 0. The van der Waals surface area contributed by atoms with Crippen molar-refractivity contribution in [2.45, 2.75) is 25.3 Å². The van der Waals surface area contributed by atoms with Crippen molar-refractivity contribution in [3.05, 3.63) is 87.7 Å². The molecule has 0 amide bonds. The quantitative estimate of drug-likeness (QED) is 0.352. The van der Waals surface area contributed by atoms with Gasteiger partial charge in [0.15, 0.2) is 6.61 Å². The maximum absolute atomic E-state index is 12.8. The molecule has 0 radical (unpaired) electrons. The third kappa shape index (κ3) is 5.35. The molecule has 33 heavy (non-hydrogen) atoms. The number of rotatable bonds is 8. The summed E-state index contributed by atoms with van der Waals surface area (Å²) in [4.78, 5) is 25.3. The maximum atomic E-state index is 12.8. The number of ketones is 1. The molecule has 9 heteroatoms. The zero-order valence-electron chi connectivity index (χ0n) is 18.8. The topological polar surface area (TPSA) is 85.7 Å². The summed E-state index contributed by atoms with van der Waals surface area (Å²) in [7, 11) is -0.993. The molecule has 3 rings (SSSR count). The number of aromatic nitrogens is 1. The Balaban J connectivity index is 1.75. The van der Waals surface area contributed by atoms with Crippen molar-refractivity contribution in [2.75, 3.05) is 20.7 Å². The Bertz CT molecular complexity index is 1300. The van der Waals surface area contributed by atoms with E-state index in [2.05, 4.69) is 0 Å². The zero-order valence-corrected chi connectivity index (χ0v) is 20.4. The molecular formula is C24H25ClN2O5S. The molecule has 7 nitrogen and oxygen atoms in total. The van der Waals surface area contributed by atoms with E-state index in [-0.39, 0.29) is 21.3 Å². The summed E-state index contributed by atoms with van der Waals surface area (Å²) < 4.78 is 32.9. The summed E-state index contributed by atoms with van der Waals surface area (Å²) in [5.74, 6) is -1.23. The van der Waals surface area contributed by atoms with Crippen LogP contribution in [0.5, 0.6) is 0 Å². The van der Waals surface area contributed by atoms with Gasteiger partial charge in [0.1, 0.15) is 0 Å². The summed E-state index contributed by atoms with van der Waals surface area (Å²) in [5.41, 5.74) is 3.13. The van der Waals surface area contributed by atoms with Crippen LogP contribution in [-0.4, -0.2) is 49.7 Å². The molecule has 0 fully saturated rings. The number of sulfonamides is 1. The van der Waals surface area contributed by atoms with Crippen LogP contribution < -0.4 is 0 Å². The van der Waals surface area contributed by atoms with Gasteiger partial charge < -0.3 is 9.30 Å². The van der Waals surface area contributed by atoms with Crippen molar-refractivity contribution < 1.29 is 22.7 Å². The van der Waals surface area contributed by atoms with Gasteiger partial charge in [0, 0.05) is 37.6 Å². The minimum Gasteiger partial charge on any atom is -0.454 e. The van der Waals surface area contributed by atoms with Gasteiger partial charge in [-0.3, -0.25) is 4.79 Å². The van der Waals surface area contributed by atoms with Crippen LogP contribution in [0.1, 0.15) is 37.7 Å². The van der Waals surface area contributed by atoms with E-state index in [1.54, 1.807) is 6.07 Å². The fourth-order valence-corrected chi connectivity index (χ4v) is 4.53. The van der Waals surface area contributed by atoms with Crippen molar-refractivity contribution in [1.82, 2.24) is 8.87 Å². The number of hydrogen-bond acceptors (Lipinski definition) is 5. The SMILES string of the molecule is Cc1cc(C(=O)COC(=O)c2cc(S(=O)(=O)N(C)C)ccc2Cl)c(C)n1Cc1ccccc1. The largest absolute Gasteiger partial charge is 0.454 e. The highest BCUT2D eigenvalue weighted by molar-refractivity contribution is 7.89. The molecular weight excluding hydrogens is 464 g/mol. The van der Waals surface area contributed by atoms with Crippen LogP contribution >= 0.6 is 11.6 Å². The Morgan fingerprint density at radius 3 is 2.30 bits per heavy atom. The molecule has 0 aliphatic carbocycles. The van der Waals surface area contributed by atoms with Crippen LogP contribution in [0.3, 0.4) is 0 Å². The minimum absolute atomic E-state index is 0.0335. The lowest BCUT2D eigenvalue weighted by atomic mass is 10.1. The van der Waals surface area contributed by atoms with Crippen LogP contribution in [0.15, 0.2) is 59.5 Å². The minimum atomic E-state index is -3.76. The fraction of sp³-hybridized carbons (Fsp3) is 0.250. The third-order valence-corrected chi connectivity index (χ3v) is 7.47. The number of carbonyl (C=O) groups is 2. The van der Waals surface area contributed by atoms with Crippen LogP contribution in [0.4, 0.5) is 0 Å². The zero-order chi connectivity index (χ0) is 24.3. The Labute approximate surface area is 198 Å². The number of carbonyl (C=O) groups excluding carboxylic acids is 2. The molecule has 0 N–H and O–H groups in total. The Morgan fingerprint density at radius 1 is 1.00 bits per heavy atom. The van der Waals surface area contributed by atoms with Crippen LogP contribution in [0.2, 0.25) is 5.02 Å². The van der Waals surface area contributed by atoms with Crippen LogP contribution in [0, 0.1) is 13.8 Å². The van der Waals surface area contributed by atoms with E-state index in [9.17, 15) is 18.0 Å². The first-order chi connectivity index (χ1) is 15.5. The smallest absolute Gasteiger partial charge is 0.340 e. The number of halogens is 1. The highest BCUT2D eigenvalue weighted by atomic mass is 35.5. The molecule has 3 aromatic rings. The van der Waals surface area contributed by atoms with Crippen LogP contribution in [0.25, 0.3) is 0 Å². The van der Waals surface area contributed by atoms with Gasteiger partial charge in [0.25, 0.3) is 0 Å². The van der Waals surface area contributed by atoms with E-state index >= 15 is 0 Å². The Kier molecular flexibility index (Phi) is 7.41. The van der Waals surface area contributed by atoms with Gasteiger partial charge in [-0.15, -0.1) is 0 Å². The van der Waals surface area contributed by atoms with E-state index in [4.69, 9.17) is 16.3 Å². The molecule has 0 aliphatic heterocycles. The number of esters is 1. The standard InChI is InChI=1S/C24H25ClN2O5S/c1-16-12-20(17(2)27(16)14-18-8-6-5-7-9-18)23(28)15-32-24(29)21-13-19(10-11-22(21)25)33(30,31)26(3)4/h5-13H,14-15H2,1-4H3. The number of benzene rings is 2. The molecule has 2 aromatic carbocycles. The first-order valence-electron chi connectivity index (χ1n) is 10.2.